The van der Waals surface area contributed by atoms with E-state index in [0.29, 0.717) is 12.2 Å². The lowest BCUT2D eigenvalue weighted by atomic mass is 10.1. The van der Waals surface area contributed by atoms with Crippen molar-refractivity contribution in [1.82, 2.24) is 10.5 Å². The van der Waals surface area contributed by atoms with Crippen LogP contribution < -0.4 is 5.32 Å². The van der Waals surface area contributed by atoms with Gasteiger partial charge in [0.1, 0.15) is 0 Å². The van der Waals surface area contributed by atoms with Gasteiger partial charge in [0.2, 0.25) is 5.76 Å². The number of hydrogen-bond acceptors (Lipinski definition) is 5. The zero-order valence-electron chi connectivity index (χ0n) is 12.8. The largest absolute Gasteiger partial charge is 0.447 e. The third kappa shape index (κ3) is 4.18. The van der Waals surface area contributed by atoms with E-state index in [0.717, 1.165) is 11.1 Å². The van der Waals surface area contributed by atoms with Crippen LogP contribution >= 0.6 is 0 Å². The van der Waals surface area contributed by atoms with Crippen molar-refractivity contribution in [2.75, 3.05) is 0 Å². The van der Waals surface area contributed by atoms with Gasteiger partial charge < -0.3 is 14.6 Å². The van der Waals surface area contributed by atoms with Gasteiger partial charge in [0.15, 0.2) is 6.10 Å². The van der Waals surface area contributed by atoms with Gasteiger partial charge in [0.25, 0.3) is 5.91 Å². The van der Waals surface area contributed by atoms with Crippen LogP contribution in [0, 0.1) is 13.8 Å². The van der Waals surface area contributed by atoms with Crippen LogP contribution in [-0.4, -0.2) is 23.1 Å². The Morgan fingerprint density at radius 3 is 2.55 bits per heavy atom. The molecule has 1 aromatic carbocycles. The van der Waals surface area contributed by atoms with Gasteiger partial charge in [0, 0.05) is 12.6 Å². The molecule has 0 aliphatic carbocycles. The van der Waals surface area contributed by atoms with Gasteiger partial charge in [-0.05, 0) is 26.3 Å². The molecule has 22 heavy (non-hydrogen) atoms. The molecule has 6 heteroatoms. The number of benzene rings is 1. The molecule has 6 nitrogen and oxygen atoms in total. The Morgan fingerprint density at radius 2 is 1.95 bits per heavy atom. The third-order valence-electron chi connectivity index (χ3n) is 3.07. The van der Waals surface area contributed by atoms with Gasteiger partial charge in [-0.1, -0.05) is 35.0 Å². The van der Waals surface area contributed by atoms with Crippen LogP contribution in [-0.2, 0) is 16.1 Å². The first-order valence-electron chi connectivity index (χ1n) is 6.93. The van der Waals surface area contributed by atoms with Crippen LogP contribution in [0.25, 0.3) is 0 Å². The third-order valence-corrected chi connectivity index (χ3v) is 3.07. The van der Waals surface area contributed by atoms with E-state index in [1.807, 2.05) is 31.2 Å². The maximum Gasteiger partial charge on any atom is 0.377 e. The molecule has 116 valence electrons. The zero-order valence-corrected chi connectivity index (χ0v) is 12.8. The van der Waals surface area contributed by atoms with E-state index in [1.54, 1.807) is 6.92 Å². The fourth-order valence-corrected chi connectivity index (χ4v) is 1.77. The molecule has 0 spiro atoms. The molecule has 1 N–H and O–H groups in total. The summed E-state index contributed by atoms with van der Waals surface area (Å²) in [6.45, 7) is 5.57. The fraction of sp³-hybridized carbons (Fsp3) is 0.312. The monoisotopic (exact) mass is 302 g/mol. The Balaban J connectivity index is 1.84. The predicted molar refractivity (Wildman–Crippen MR) is 79.1 cm³/mol. The Bertz CT molecular complexity index is 661. The smallest absolute Gasteiger partial charge is 0.377 e. The number of esters is 1. The Morgan fingerprint density at radius 1 is 1.27 bits per heavy atom. The van der Waals surface area contributed by atoms with Crippen molar-refractivity contribution >= 4 is 11.9 Å². The van der Waals surface area contributed by atoms with Gasteiger partial charge >= 0.3 is 5.97 Å². The van der Waals surface area contributed by atoms with Gasteiger partial charge in [-0.25, -0.2) is 4.79 Å². The van der Waals surface area contributed by atoms with Crippen LogP contribution in [0.2, 0.25) is 0 Å². The number of carbonyl (C=O) groups is 2. The number of rotatable bonds is 5. The second-order valence-corrected chi connectivity index (χ2v) is 5.08. The summed E-state index contributed by atoms with van der Waals surface area (Å²) in [5.74, 6) is -1.10. The van der Waals surface area contributed by atoms with E-state index in [1.165, 1.54) is 13.0 Å². The molecule has 0 saturated heterocycles. The van der Waals surface area contributed by atoms with Crippen LogP contribution in [0.1, 0.15) is 34.3 Å². The maximum absolute atomic E-state index is 11.9. The molecule has 1 atom stereocenters. The Labute approximate surface area is 128 Å². The van der Waals surface area contributed by atoms with Crippen molar-refractivity contribution in [1.29, 1.82) is 0 Å². The van der Waals surface area contributed by atoms with Crippen LogP contribution in [0.3, 0.4) is 0 Å². The molecular formula is C16H18N2O4. The quantitative estimate of drug-likeness (QED) is 0.856. The maximum atomic E-state index is 11.9. The molecule has 2 rings (SSSR count). The normalized spacial score (nSPS) is 11.8. The Hall–Kier alpha value is -2.63. The number of hydrogen-bond donors (Lipinski definition) is 1. The second kappa shape index (κ2) is 6.89. The Kier molecular flexibility index (Phi) is 4.93. The summed E-state index contributed by atoms with van der Waals surface area (Å²) in [5, 5.41) is 6.31. The summed E-state index contributed by atoms with van der Waals surface area (Å²) >= 11 is 0. The van der Waals surface area contributed by atoms with Crippen molar-refractivity contribution in [3.8, 4) is 0 Å². The lowest BCUT2D eigenvalue weighted by molar-refractivity contribution is -0.129. The highest BCUT2D eigenvalue weighted by Crippen LogP contribution is 2.07. The average Bonchev–Trinajstić information content (AvgIpc) is 2.93. The van der Waals surface area contributed by atoms with Gasteiger partial charge in [0.05, 0.1) is 5.69 Å². The number of aryl methyl sites for hydroxylation is 2. The fourth-order valence-electron chi connectivity index (χ4n) is 1.77. The minimum atomic E-state index is -0.914. The van der Waals surface area contributed by atoms with E-state index in [2.05, 4.69) is 10.5 Å². The summed E-state index contributed by atoms with van der Waals surface area (Å²) < 4.78 is 9.83. The molecule has 0 unspecified atom stereocenters. The van der Waals surface area contributed by atoms with E-state index in [-0.39, 0.29) is 11.7 Å². The minimum absolute atomic E-state index is 0.0179. The summed E-state index contributed by atoms with van der Waals surface area (Å²) in [4.78, 5) is 23.7. The number of aromatic nitrogens is 1. The van der Waals surface area contributed by atoms with Gasteiger partial charge in [-0.3, -0.25) is 4.79 Å². The highest BCUT2D eigenvalue weighted by Gasteiger charge is 2.21. The van der Waals surface area contributed by atoms with Gasteiger partial charge in [-0.2, -0.15) is 0 Å². The minimum Gasteiger partial charge on any atom is -0.447 e. The molecule has 2 aromatic rings. The van der Waals surface area contributed by atoms with E-state index < -0.39 is 12.1 Å². The second-order valence-electron chi connectivity index (χ2n) is 5.08. The van der Waals surface area contributed by atoms with Crippen molar-refractivity contribution in [3.05, 3.63) is 52.9 Å². The molecule has 0 aliphatic rings. The first kappa shape index (κ1) is 15.8. The van der Waals surface area contributed by atoms with Crippen molar-refractivity contribution in [2.45, 2.75) is 33.4 Å². The molecule has 0 aliphatic heterocycles. The predicted octanol–water partition coefficient (Wildman–Crippen LogP) is 2.15. The van der Waals surface area contributed by atoms with Gasteiger partial charge in [-0.15, -0.1) is 0 Å². The molecule has 1 heterocycles. The van der Waals surface area contributed by atoms with E-state index in [4.69, 9.17) is 9.26 Å². The molecular weight excluding hydrogens is 284 g/mol. The highest BCUT2D eigenvalue weighted by atomic mass is 16.6. The number of nitrogens with one attached hydrogen (secondary N) is 1. The van der Waals surface area contributed by atoms with E-state index >= 15 is 0 Å². The number of amides is 1. The first-order valence-corrected chi connectivity index (χ1v) is 6.93. The molecule has 0 radical (unpaired) electrons. The lowest BCUT2D eigenvalue weighted by Gasteiger charge is -2.12. The summed E-state index contributed by atoms with van der Waals surface area (Å²) in [6.07, 6.45) is -0.914. The summed E-state index contributed by atoms with van der Waals surface area (Å²) in [7, 11) is 0. The van der Waals surface area contributed by atoms with Crippen molar-refractivity contribution in [3.63, 3.8) is 0 Å². The average molecular weight is 302 g/mol. The molecule has 1 aromatic heterocycles. The summed E-state index contributed by atoms with van der Waals surface area (Å²) in [5.41, 5.74) is 2.70. The first-order chi connectivity index (χ1) is 10.5. The molecule has 1 amide bonds. The number of carbonyl (C=O) groups excluding carboxylic acids is 2. The lowest BCUT2D eigenvalue weighted by Crippen LogP contribution is -2.35. The highest BCUT2D eigenvalue weighted by molar-refractivity contribution is 5.89. The van der Waals surface area contributed by atoms with Crippen molar-refractivity contribution < 1.29 is 18.8 Å². The molecule has 0 fully saturated rings. The SMILES string of the molecule is Cc1ccc(CNC(=O)[C@@H](C)OC(=O)c2cc(C)no2)cc1. The zero-order chi connectivity index (χ0) is 16.1. The standard InChI is InChI=1S/C16H18N2O4/c1-10-4-6-13(7-5-10)9-17-15(19)12(3)21-16(20)14-8-11(2)18-22-14/h4-8,12H,9H2,1-3H3,(H,17,19)/t12-/m1/s1. The number of nitrogens with zero attached hydrogens (tertiary/aromatic N) is 1. The molecule has 0 bridgehead atoms. The summed E-state index contributed by atoms with van der Waals surface area (Å²) in [6, 6.07) is 9.26. The topological polar surface area (TPSA) is 81.4 Å². The van der Waals surface area contributed by atoms with Crippen molar-refractivity contribution in [2.24, 2.45) is 0 Å². The molecule has 0 saturated carbocycles. The van der Waals surface area contributed by atoms with Crippen LogP contribution in [0.15, 0.2) is 34.9 Å². The van der Waals surface area contributed by atoms with Crippen LogP contribution in [0.4, 0.5) is 0 Å². The number of ether oxygens (including phenoxy) is 1. The van der Waals surface area contributed by atoms with E-state index in [9.17, 15) is 9.59 Å². The van der Waals surface area contributed by atoms with Crippen LogP contribution in [0.5, 0.6) is 0 Å².